The summed E-state index contributed by atoms with van der Waals surface area (Å²) in [4.78, 5) is 29.0. The van der Waals surface area contributed by atoms with Gasteiger partial charge in [-0.15, -0.1) is 0 Å². The fourth-order valence-corrected chi connectivity index (χ4v) is 6.24. The summed E-state index contributed by atoms with van der Waals surface area (Å²) in [6.45, 7) is 1.05. The predicted molar refractivity (Wildman–Crippen MR) is 149 cm³/mol. The minimum atomic E-state index is -3.16. The Morgan fingerprint density at radius 1 is 1.05 bits per heavy atom. The molecule has 9 heteroatoms. The maximum atomic E-state index is 13.1. The van der Waals surface area contributed by atoms with E-state index in [9.17, 15) is 18.0 Å². The van der Waals surface area contributed by atoms with Gasteiger partial charge in [0.2, 0.25) is 11.8 Å². The summed E-state index contributed by atoms with van der Waals surface area (Å²) in [5.41, 5.74) is 5.69. The zero-order valence-electron chi connectivity index (χ0n) is 21.2. The van der Waals surface area contributed by atoms with Gasteiger partial charge in [-0.1, -0.05) is 41.4 Å². The molecule has 0 radical (unpaired) electrons. The van der Waals surface area contributed by atoms with Crippen LogP contribution in [0.5, 0.6) is 0 Å². The number of hydrogen-bond donors (Lipinski definition) is 0. The summed E-state index contributed by atoms with van der Waals surface area (Å²) in [5.74, 6) is -0.168. The van der Waals surface area contributed by atoms with Gasteiger partial charge in [-0.2, -0.15) is 0 Å². The Bertz CT molecular complexity index is 1320. The average molecular weight is 564 g/mol. The molecule has 0 saturated carbocycles. The van der Waals surface area contributed by atoms with Crippen molar-refractivity contribution in [1.29, 1.82) is 0 Å². The fourth-order valence-electron chi connectivity index (χ4n) is 5.13. The second-order valence-electron chi connectivity index (χ2n) is 9.95. The normalized spacial score (nSPS) is 17.4. The first kappa shape index (κ1) is 27.7. The van der Waals surface area contributed by atoms with Gasteiger partial charge in [0.15, 0.2) is 0 Å². The van der Waals surface area contributed by atoms with Gasteiger partial charge in [0, 0.05) is 49.3 Å². The van der Waals surface area contributed by atoms with E-state index in [0.29, 0.717) is 42.4 Å². The lowest BCUT2D eigenvalue weighted by Gasteiger charge is -2.28. The van der Waals surface area contributed by atoms with Crippen LogP contribution >= 0.6 is 23.2 Å². The molecule has 0 fully saturated rings. The molecule has 0 bridgehead atoms. The molecule has 1 atom stereocenters. The zero-order chi connectivity index (χ0) is 26.7. The third-order valence-electron chi connectivity index (χ3n) is 7.22. The summed E-state index contributed by atoms with van der Waals surface area (Å²) >= 11 is 12.2. The van der Waals surface area contributed by atoms with E-state index in [-0.39, 0.29) is 30.0 Å². The van der Waals surface area contributed by atoms with Crippen molar-refractivity contribution in [3.63, 3.8) is 0 Å². The van der Waals surface area contributed by atoms with Crippen LogP contribution in [0.25, 0.3) is 5.57 Å². The van der Waals surface area contributed by atoms with Gasteiger partial charge in [-0.3, -0.25) is 9.59 Å². The zero-order valence-corrected chi connectivity index (χ0v) is 23.5. The van der Waals surface area contributed by atoms with Crippen molar-refractivity contribution in [2.45, 2.75) is 44.6 Å². The van der Waals surface area contributed by atoms with Gasteiger partial charge >= 0.3 is 0 Å². The van der Waals surface area contributed by atoms with Crippen LogP contribution in [0.2, 0.25) is 10.0 Å². The van der Waals surface area contributed by atoms with E-state index in [1.807, 2.05) is 24.1 Å². The summed E-state index contributed by atoms with van der Waals surface area (Å²) in [6, 6.07) is 11.9. The van der Waals surface area contributed by atoms with E-state index in [1.165, 1.54) is 16.7 Å². The van der Waals surface area contributed by atoms with Crippen LogP contribution < -0.4 is 0 Å². The van der Waals surface area contributed by atoms with Gasteiger partial charge in [0.1, 0.15) is 9.84 Å². The molecule has 1 aliphatic heterocycles. The van der Waals surface area contributed by atoms with E-state index >= 15 is 0 Å². The van der Waals surface area contributed by atoms with Crippen LogP contribution in [0.1, 0.15) is 54.0 Å². The van der Waals surface area contributed by atoms with Crippen molar-refractivity contribution in [2.75, 3.05) is 32.1 Å². The Hall–Kier alpha value is -2.35. The third-order valence-corrected chi connectivity index (χ3v) is 8.60. The molecule has 2 aliphatic rings. The number of carbonyl (C=O) groups is 2. The maximum Gasteiger partial charge on any atom is 0.223 e. The molecule has 2 aromatic carbocycles. The molecule has 1 unspecified atom stereocenters. The Kier molecular flexibility index (Phi) is 8.66. The van der Waals surface area contributed by atoms with Crippen molar-refractivity contribution < 1.29 is 18.0 Å². The first-order chi connectivity index (χ1) is 17.5. The van der Waals surface area contributed by atoms with Crippen molar-refractivity contribution in [3.8, 4) is 0 Å². The number of halogens is 2. The van der Waals surface area contributed by atoms with Crippen LogP contribution in [0.15, 0.2) is 42.5 Å². The number of sulfone groups is 1. The summed E-state index contributed by atoms with van der Waals surface area (Å²) in [5, 5.41) is 1.14. The smallest absolute Gasteiger partial charge is 0.223 e. The number of benzene rings is 2. The SMILES string of the molecule is CN(C(=O)CCc1cc(Cl)cc(Cl)c1)C1CCc2ccc(C3=CCN(C(=O)CCS(C)(=O)=O)CC3)cc21. The molecule has 0 saturated heterocycles. The largest absolute Gasteiger partial charge is 0.339 e. The Morgan fingerprint density at radius 2 is 1.78 bits per heavy atom. The molecule has 37 heavy (non-hydrogen) atoms. The van der Waals surface area contributed by atoms with E-state index in [0.717, 1.165) is 30.2 Å². The standard InChI is InChI=1S/C28H32Cl2N2O4S/c1-31(27(33)8-3-19-15-23(29)18-24(30)16-19)26-7-6-21-4-5-22(17-25(21)26)20-9-12-32(13-10-20)28(34)11-14-37(2,35)36/h4-5,9,15-18,26H,3,6-8,10-14H2,1-2H3. The fraction of sp³-hybridized carbons (Fsp3) is 0.429. The van der Waals surface area contributed by atoms with Crippen molar-refractivity contribution in [2.24, 2.45) is 0 Å². The number of nitrogens with zero attached hydrogens (tertiary/aromatic N) is 2. The molecular weight excluding hydrogens is 531 g/mol. The molecule has 0 aromatic heterocycles. The highest BCUT2D eigenvalue weighted by Gasteiger charge is 2.29. The summed E-state index contributed by atoms with van der Waals surface area (Å²) in [6.07, 6.45) is 6.73. The third kappa shape index (κ3) is 7.15. The average Bonchev–Trinajstić information content (AvgIpc) is 3.27. The van der Waals surface area contributed by atoms with E-state index in [4.69, 9.17) is 23.2 Å². The number of hydrogen-bond acceptors (Lipinski definition) is 4. The quantitative estimate of drug-likeness (QED) is 0.447. The van der Waals surface area contributed by atoms with Gasteiger partial charge in [-0.25, -0.2) is 8.42 Å². The lowest BCUT2D eigenvalue weighted by Crippen LogP contribution is -2.35. The second kappa shape index (κ2) is 11.6. The Balaban J connectivity index is 1.40. The molecular formula is C28H32Cl2N2O4S. The number of amides is 2. The van der Waals surface area contributed by atoms with Crippen LogP contribution in [0, 0.1) is 0 Å². The molecule has 0 spiro atoms. The summed E-state index contributed by atoms with van der Waals surface area (Å²) < 4.78 is 22.7. The molecule has 2 amide bonds. The van der Waals surface area contributed by atoms with E-state index < -0.39 is 9.84 Å². The lowest BCUT2D eigenvalue weighted by atomic mass is 9.95. The first-order valence-electron chi connectivity index (χ1n) is 12.5. The molecule has 6 nitrogen and oxygen atoms in total. The Morgan fingerprint density at radius 3 is 2.43 bits per heavy atom. The molecule has 4 rings (SSSR count). The first-order valence-corrected chi connectivity index (χ1v) is 15.3. The van der Waals surface area contributed by atoms with Crippen LogP contribution in [0.4, 0.5) is 0 Å². The van der Waals surface area contributed by atoms with Gasteiger partial charge < -0.3 is 9.80 Å². The van der Waals surface area contributed by atoms with Crippen molar-refractivity contribution in [3.05, 3.63) is 74.8 Å². The second-order valence-corrected chi connectivity index (χ2v) is 13.1. The van der Waals surface area contributed by atoms with Gasteiger partial charge in [0.05, 0.1) is 11.8 Å². The highest BCUT2D eigenvalue weighted by Crippen LogP contribution is 2.38. The number of rotatable bonds is 8. The van der Waals surface area contributed by atoms with E-state index in [2.05, 4.69) is 24.3 Å². The Labute approximate surface area is 229 Å². The van der Waals surface area contributed by atoms with Crippen molar-refractivity contribution >= 4 is 50.4 Å². The van der Waals surface area contributed by atoms with Crippen LogP contribution in [0.3, 0.4) is 0 Å². The molecule has 1 aliphatic carbocycles. The minimum Gasteiger partial charge on any atom is -0.339 e. The molecule has 1 heterocycles. The number of fused-ring (bicyclic) bond motifs is 1. The van der Waals surface area contributed by atoms with Gasteiger partial charge in [-0.05, 0) is 77.8 Å². The topological polar surface area (TPSA) is 74.8 Å². The maximum absolute atomic E-state index is 13.1. The van der Waals surface area contributed by atoms with Crippen LogP contribution in [-0.2, 0) is 32.3 Å². The van der Waals surface area contributed by atoms with E-state index in [1.54, 1.807) is 11.0 Å². The number of aryl methyl sites for hydroxylation is 2. The minimum absolute atomic E-state index is 0.0211. The monoisotopic (exact) mass is 562 g/mol. The molecule has 198 valence electrons. The van der Waals surface area contributed by atoms with Crippen molar-refractivity contribution in [1.82, 2.24) is 9.80 Å². The lowest BCUT2D eigenvalue weighted by molar-refractivity contribution is -0.132. The molecule has 0 N–H and O–H groups in total. The predicted octanol–water partition coefficient (Wildman–Crippen LogP) is 5.12. The summed E-state index contributed by atoms with van der Waals surface area (Å²) in [7, 11) is -1.28. The highest BCUT2D eigenvalue weighted by molar-refractivity contribution is 7.90. The number of carbonyl (C=O) groups excluding carboxylic acids is 2. The highest BCUT2D eigenvalue weighted by atomic mass is 35.5. The van der Waals surface area contributed by atoms with Gasteiger partial charge in [0.25, 0.3) is 0 Å². The molecule has 2 aromatic rings. The van der Waals surface area contributed by atoms with Crippen LogP contribution in [-0.4, -0.2) is 62.2 Å².